The van der Waals surface area contributed by atoms with Gasteiger partial charge in [0.25, 0.3) is 0 Å². The van der Waals surface area contributed by atoms with Crippen LogP contribution in [0.5, 0.6) is 0 Å². The third-order valence-electron chi connectivity index (χ3n) is 3.29. The van der Waals surface area contributed by atoms with Crippen LogP contribution < -0.4 is 4.90 Å². The lowest BCUT2D eigenvalue weighted by molar-refractivity contribution is 0.112. The molecule has 0 atom stereocenters. The average Bonchev–Trinajstić information content (AvgIpc) is 2.75. The maximum atomic E-state index is 11.3. The number of aldehydes is 1. The number of nitrogens with zero attached hydrogens (tertiary/aromatic N) is 2. The molecule has 0 saturated carbocycles. The number of carbonyl (C=O) groups is 1. The van der Waals surface area contributed by atoms with Crippen molar-refractivity contribution in [2.45, 2.75) is 6.42 Å². The molecule has 104 valence electrons. The molecule has 0 amide bonds. The Hall–Kier alpha value is -1.72. The van der Waals surface area contributed by atoms with Crippen molar-refractivity contribution in [3.63, 3.8) is 0 Å². The van der Waals surface area contributed by atoms with Crippen LogP contribution in [0.1, 0.15) is 16.1 Å². The Morgan fingerprint density at radius 1 is 1.20 bits per heavy atom. The highest BCUT2D eigenvalue weighted by molar-refractivity contribution is 7.17. The van der Waals surface area contributed by atoms with E-state index in [1.165, 1.54) is 11.3 Å². The molecule has 1 aliphatic heterocycles. The highest BCUT2D eigenvalue weighted by Gasteiger charge is 2.18. The fourth-order valence-electron chi connectivity index (χ4n) is 2.28. The van der Waals surface area contributed by atoms with E-state index in [-0.39, 0.29) is 0 Å². The first kappa shape index (κ1) is 13.3. The summed E-state index contributed by atoms with van der Waals surface area (Å²) in [5, 5.41) is 0.913. The molecule has 3 rings (SSSR count). The summed E-state index contributed by atoms with van der Waals surface area (Å²) in [6, 6.07) is 9.85. The highest BCUT2D eigenvalue weighted by atomic mass is 32.1. The molecular formula is C15H16N2O2S. The van der Waals surface area contributed by atoms with E-state index in [2.05, 4.69) is 9.88 Å². The van der Waals surface area contributed by atoms with Gasteiger partial charge in [-0.3, -0.25) is 4.79 Å². The number of hydrogen-bond donors (Lipinski definition) is 0. The van der Waals surface area contributed by atoms with Crippen molar-refractivity contribution in [2.24, 2.45) is 0 Å². The van der Waals surface area contributed by atoms with Crippen LogP contribution in [0.2, 0.25) is 0 Å². The monoisotopic (exact) mass is 288 g/mol. The normalized spacial score (nSPS) is 15.9. The zero-order valence-corrected chi connectivity index (χ0v) is 11.9. The standard InChI is InChI=1S/C15H16N2O2S/c18-11-13-14(12-5-2-1-3-6-12)16-15(20-13)17-7-4-9-19-10-8-17/h1-3,5-6,11H,4,7-10H2. The van der Waals surface area contributed by atoms with Crippen molar-refractivity contribution in [1.29, 1.82) is 0 Å². The van der Waals surface area contributed by atoms with Crippen LogP contribution in [0, 0.1) is 0 Å². The summed E-state index contributed by atoms with van der Waals surface area (Å²) in [4.78, 5) is 18.9. The zero-order chi connectivity index (χ0) is 13.8. The number of ether oxygens (including phenoxy) is 1. The first-order valence-corrected chi connectivity index (χ1v) is 7.54. The Kier molecular flexibility index (Phi) is 4.08. The van der Waals surface area contributed by atoms with E-state index in [1.54, 1.807) is 0 Å². The molecule has 2 aromatic rings. The predicted octanol–water partition coefficient (Wildman–Crippen LogP) is 2.85. The smallest absolute Gasteiger partial charge is 0.186 e. The van der Waals surface area contributed by atoms with E-state index in [4.69, 9.17) is 4.74 Å². The number of thiazole rings is 1. The van der Waals surface area contributed by atoms with Gasteiger partial charge in [-0.1, -0.05) is 41.7 Å². The van der Waals surface area contributed by atoms with Crippen LogP contribution in [0.15, 0.2) is 30.3 Å². The summed E-state index contributed by atoms with van der Waals surface area (Å²) in [5.41, 5.74) is 1.77. The number of benzene rings is 1. The van der Waals surface area contributed by atoms with Gasteiger partial charge in [0.1, 0.15) is 0 Å². The molecule has 1 saturated heterocycles. The predicted molar refractivity (Wildman–Crippen MR) is 80.6 cm³/mol. The van der Waals surface area contributed by atoms with Crippen LogP contribution in [0.4, 0.5) is 5.13 Å². The third-order valence-corrected chi connectivity index (χ3v) is 4.33. The SMILES string of the molecule is O=Cc1sc(N2CCCOCC2)nc1-c1ccccc1. The second-order valence-electron chi connectivity index (χ2n) is 4.65. The average molecular weight is 288 g/mol. The molecule has 4 nitrogen and oxygen atoms in total. The lowest BCUT2D eigenvalue weighted by Gasteiger charge is -2.17. The Bertz CT molecular complexity index is 575. The number of carbonyl (C=O) groups excluding carboxylic acids is 1. The minimum atomic E-state index is 0.691. The molecule has 1 aliphatic rings. The van der Waals surface area contributed by atoms with Crippen LogP contribution in [-0.4, -0.2) is 37.6 Å². The Morgan fingerprint density at radius 3 is 2.85 bits per heavy atom. The second kappa shape index (κ2) is 6.15. The van der Waals surface area contributed by atoms with Gasteiger partial charge in [-0.05, 0) is 6.42 Å². The number of rotatable bonds is 3. The van der Waals surface area contributed by atoms with Crippen LogP contribution in [0.25, 0.3) is 11.3 Å². The Balaban J connectivity index is 1.94. The van der Waals surface area contributed by atoms with E-state index >= 15 is 0 Å². The van der Waals surface area contributed by atoms with E-state index in [0.29, 0.717) is 4.88 Å². The second-order valence-corrected chi connectivity index (χ2v) is 5.66. The zero-order valence-electron chi connectivity index (χ0n) is 11.1. The van der Waals surface area contributed by atoms with Gasteiger partial charge in [0.05, 0.1) is 17.2 Å². The largest absolute Gasteiger partial charge is 0.380 e. The van der Waals surface area contributed by atoms with Crippen molar-refractivity contribution in [1.82, 2.24) is 4.98 Å². The first-order valence-electron chi connectivity index (χ1n) is 6.72. The number of anilines is 1. The van der Waals surface area contributed by atoms with Crippen molar-refractivity contribution in [3.05, 3.63) is 35.2 Å². The quantitative estimate of drug-likeness (QED) is 0.815. The molecule has 0 radical (unpaired) electrons. The highest BCUT2D eigenvalue weighted by Crippen LogP contribution is 2.32. The maximum Gasteiger partial charge on any atom is 0.186 e. The summed E-state index contributed by atoms with van der Waals surface area (Å²) >= 11 is 1.46. The Morgan fingerprint density at radius 2 is 2.05 bits per heavy atom. The molecule has 0 bridgehead atoms. The van der Waals surface area contributed by atoms with Gasteiger partial charge in [0.2, 0.25) is 0 Å². The van der Waals surface area contributed by atoms with Gasteiger partial charge >= 0.3 is 0 Å². The molecule has 1 aromatic carbocycles. The molecule has 1 aromatic heterocycles. The molecule has 5 heteroatoms. The summed E-state index contributed by atoms with van der Waals surface area (Å²) in [6.45, 7) is 3.28. The molecule has 0 aliphatic carbocycles. The van der Waals surface area contributed by atoms with Gasteiger partial charge < -0.3 is 9.64 Å². The minimum absolute atomic E-state index is 0.691. The fourth-order valence-corrected chi connectivity index (χ4v) is 3.23. The molecule has 0 spiro atoms. The Labute approximate surface area is 122 Å². The molecule has 2 heterocycles. The first-order chi connectivity index (χ1) is 9.88. The van der Waals surface area contributed by atoms with E-state index < -0.39 is 0 Å². The molecule has 20 heavy (non-hydrogen) atoms. The maximum absolute atomic E-state index is 11.3. The lowest BCUT2D eigenvalue weighted by Crippen LogP contribution is -2.25. The number of hydrogen-bond acceptors (Lipinski definition) is 5. The van der Waals surface area contributed by atoms with Gasteiger partial charge in [-0.15, -0.1) is 0 Å². The molecule has 0 unspecified atom stereocenters. The lowest BCUT2D eigenvalue weighted by atomic mass is 10.1. The third kappa shape index (κ3) is 2.73. The topological polar surface area (TPSA) is 42.4 Å². The molecule has 0 N–H and O–H groups in total. The number of aromatic nitrogens is 1. The van der Waals surface area contributed by atoms with Crippen molar-refractivity contribution in [3.8, 4) is 11.3 Å². The van der Waals surface area contributed by atoms with Gasteiger partial charge in [-0.25, -0.2) is 4.98 Å². The fraction of sp³-hybridized carbons (Fsp3) is 0.333. The minimum Gasteiger partial charge on any atom is -0.380 e. The summed E-state index contributed by atoms with van der Waals surface area (Å²) in [6.07, 6.45) is 1.90. The summed E-state index contributed by atoms with van der Waals surface area (Å²) in [5.74, 6) is 0. The van der Waals surface area contributed by atoms with E-state index in [9.17, 15) is 4.79 Å². The van der Waals surface area contributed by atoms with Gasteiger partial charge in [0, 0.05) is 25.3 Å². The summed E-state index contributed by atoms with van der Waals surface area (Å²) in [7, 11) is 0. The van der Waals surface area contributed by atoms with Crippen molar-refractivity contribution in [2.75, 3.05) is 31.2 Å². The molecular weight excluding hydrogens is 272 g/mol. The molecule has 1 fully saturated rings. The van der Waals surface area contributed by atoms with Gasteiger partial charge in [0.15, 0.2) is 11.4 Å². The summed E-state index contributed by atoms with van der Waals surface area (Å²) < 4.78 is 5.46. The van der Waals surface area contributed by atoms with Crippen molar-refractivity contribution < 1.29 is 9.53 Å². The van der Waals surface area contributed by atoms with Crippen LogP contribution in [-0.2, 0) is 4.74 Å². The van der Waals surface area contributed by atoms with E-state index in [0.717, 1.165) is 55.4 Å². The van der Waals surface area contributed by atoms with Crippen LogP contribution >= 0.6 is 11.3 Å². The van der Waals surface area contributed by atoms with Crippen LogP contribution in [0.3, 0.4) is 0 Å². The van der Waals surface area contributed by atoms with Gasteiger partial charge in [-0.2, -0.15) is 0 Å². The van der Waals surface area contributed by atoms with Crippen molar-refractivity contribution >= 4 is 22.8 Å². The van der Waals surface area contributed by atoms with E-state index in [1.807, 2.05) is 30.3 Å².